The predicted octanol–water partition coefficient (Wildman–Crippen LogP) is 4.14. The van der Waals surface area contributed by atoms with E-state index in [1.54, 1.807) is 6.92 Å². The molecule has 0 aromatic carbocycles. The highest BCUT2D eigenvalue weighted by Gasteiger charge is 2.20. The van der Waals surface area contributed by atoms with Crippen molar-refractivity contribution in [3.63, 3.8) is 0 Å². The zero-order chi connectivity index (χ0) is 31.3. The van der Waals surface area contributed by atoms with Gasteiger partial charge >= 0.3 is 5.97 Å². The van der Waals surface area contributed by atoms with Crippen molar-refractivity contribution in [3.8, 4) is 0 Å². The highest BCUT2D eigenvalue weighted by molar-refractivity contribution is 5.84. The number of carbonyl (C=O) groups excluding carboxylic acids is 4. The first-order valence-corrected chi connectivity index (χ1v) is 15.8. The maximum Gasteiger partial charge on any atom is 0.326 e. The van der Waals surface area contributed by atoms with E-state index in [1.165, 1.54) is 25.7 Å². The average molecular weight is 601 g/mol. The highest BCUT2D eigenvalue weighted by Crippen LogP contribution is 2.12. The number of amides is 2. The van der Waals surface area contributed by atoms with Gasteiger partial charge in [0, 0.05) is 45.4 Å². The van der Waals surface area contributed by atoms with E-state index < -0.39 is 12.0 Å². The molecule has 0 saturated carbocycles. The van der Waals surface area contributed by atoms with Crippen molar-refractivity contribution >= 4 is 29.4 Å². The van der Waals surface area contributed by atoms with E-state index >= 15 is 0 Å². The van der Waals surface area contributed by atoms with Crippen LogP contribution in [0.15, 0.2) is 0 Å². The lowest BCUT2D eigenvalue weighted by Gasteiger charge is -2.14. The smallest absolute Gasteiger partial charge is 0.326 e. The van der Waals surface area contributed by atoms with Crippen molar-refractivity contribution in [3.05, 3.63) is 0 Å². The van der Waals surface area contributed by atoms with Crippen LogP contribution in [0.25, 0.3) is 0 Å². The van der Waals surface area contributed by atoms with Crippen LogP contribution in [0.1, 0.15) is 117 Å². The quantitative estimate of drug-likeness (QED) is 0.0995. The van der Waals surface area contributed by atoms with Crippen molar-refractivity contribution in [2.24, 2.45) is 0 Å². The number of ether oxygens (including phenoxy) is 3. The Morgan fingerprint density at radius 2 is 1.24 bits per heavy atom. The SMILES string of the molecule is CCOCCNC(=O)COCCOCCCC(=O)CC[C@H](NC(=O)CCCCCCCCCCCCC(C)=O)C(=O)O. The van der Waals surface area contributed by atoms with E-state index in [0.29, 0.717) is 45.8 Å². The fraction of sp³-hybridized carbons (Fsp3) is 0.839. The van der Waals surface area contributed by atoms with Gasteiger partial charge in [-0.3, -0.25) is 14.4 Å². The number of unbranched alkanes of at least 4 members (excludes halogenated alkanes) is 9. The summed E-state index contributed by atoms with van der Waals surface area (Å²) in [5.74, 6) is -1.46. The Labute approximate surface area is 252 Å². The topological polar surface area (TPSA) is 157 Å². The van der Waals surface area contributed by atoms with Crippen LogP contribution in [0, 0.1) is 0 Å². The summed E-state index contributed by atoms with van der Waals surface area (Å²) in [4.78, 5) is 58.3. The molecule has 0 saturated heterocycles. The summed E-state index contributed by atoms with van der Waals surface area (Å²) in [7, 11) is 0. The average Bonchev–Trinajstić information content (AvgIpc) is 2.95. The normalized spacial score (nSPS) is 11.7. The molecule has 0 radical (unpaired) electrons. The van der Waals surface area contributed by atoms with Crippen molar-refractivity contribution in [2.75, 3.05) is 46.2 Å². The molecule has 0 spiro atoms. The van der Waals surface area contributed by atoms with Crippen LogP contribution in [0.5, 0.6) is 0 Å². The molecule has 0 aliphatic heterocycles. The number of carboxylic acid groups (broad SMARTS) is 1. The molecule has 3 N–H and O–H groups in total. The minimum absolute atomic E-state index is 0.0543. The van der Waals surface area contributed by atoms with Crippen LogP contribution < -0.4 is 10.6 Å². The largest absolute Gasteiger partial charge is 0.480 e. The van der Waals surface area contributed by atoms with Gasteiger partial charge in [-0.25, -0.2) is 4.79 Å². The molecule has 0 bridgehead atoms. The zero-order valence-corrected chi connectivity index (χ0v) is 26.1. The fourth-order valence-corrected chi connectivity index (χ4v) is 4.24. The molecule has 0 heterocycles. The number of carbonyl (C=O) groups is 5. The van der Waals surface area contributed by atoms with E-state index in [0.717, 1.165) is 38.5 Å². The summed E-state index contributed by atoms with van der Waals surface area (Å²) in [5, 5.41) is 14.7. The number of nitrogens with one attached hydrogen (secondary N) is 2. The maximum absolute atomic E-state index is 12.2. The van der Waals surface area contributed by atoms with Gasteiger partial charge < -0.3 is 34.7 Å². The highest BCUT2D eigenvalue weighted by atomic mass is 16.5. The first-order valence-electron chi connectivity index (χ1n) is 15.8. The lowest BCUT2D eigenvalue weighted by atomic mass is 10.0. The van der Waals surface area contributed by atoms with Gasteiger partial charge in [0.1, 0.15) is 24.2 Å². The fourth-order valence-electron chi connectivity index (χ4n) is 4.24. The van der Waals surface area contributed by atoms with Gasteiger partial charge in [-0.15, -0.1) is 0 Å². The van der Waals surface area contributed by atoms with Crippen LogP contribution in [-0.4, -0.2) is 86.7 Å². The van der Waals surface area contributed by atoms with E-state index in [4.69, 9.17) is 14.2 Å². The second kappa shape index (κ2) is 28.7. The first kappa shape index (κ1) is 39.6. The molecule has 1 atom stereocenters. The first-order chi connectivity index (χ1) is 20.3. The molecular weight excluding hydrogens is 544 g/mol. The Kier molecular flexibility index (Phi) is 27.1. The standard InChI is InChI=1S/C31H56N2O9/c1-3-40-22-20-32-30(37)25-42-24-23-41-21-14-16-27(35)18-19-28(31(38)39)33-29(36)17-13-11-9-7-5-4-6-8-10-12-15-26(2)34/h28H,3-25H2,1-2H3,(H,32,37)(H,33,36)(H,38,39)/t28-/m0/s1. The molecule has 0 aliphatic rings. The van der Waals surface area contributed by atoms with Gasteiger partial charge in [-0.1, -0.05) is 51.4 Å². The van der Waals surface area contributed by atoms with Gasteiger partial charge in [-0.05, 0) is 39.5 Å². The summed E-state index contributed by atoms with van der Waals surface area (Å²) in [6.45, 7) is 5.89. The molecule has 244 valence electrons. The molecule has 0 aromatic heterocycles. The van der Waals surface area contributed by atoms with Crippen molar-refractivity contribution in [1.82, 2.24) is 10.6 Å². The lowest BCUT2D eigenvalue weighted by molar-refractivity contribution is -0.142. The predicted molar refractivity (Wildman–Crippen MR) is 160 cm³/mol. The molecule has 2 amide bonds. The van der Waals surface area contributed by atoms with Gasteiger partial charge in [0.2, 0.25) is 11.8 Å². The third-order valence-electron chi connectivity index (χ3n) is 6.65. The van der Waals surface area contributed by atoms with Crippen LogP contribution in [0.2, 0.25) is 0 Å². The summed E-state index contributed by atoms with van der Waals surface area (Å²) in [6.07, 6.45) is 12.6. The van der Waals surface area contributed by atoms with Gasteiger partial charge in [0.15, 0.2) is 0 Å². The van der Waals surface area contributed by atoms with Gasteiger partial charge in [0.25, 0.3) is 0 Å². The number of ketones is 2. The van der Waals surface area contributed by atoms with E-state index in [2.05, 4.69) is 10.6 Å². The van der Waals surface area contributed by atoms with Crippen molar-refractivity contribution in [1.29, 1.82) is 0 Å². The zero-order valence-electron chi connectivity index (χ0n) is 26.1. The molecule has 42 heavy (non-hydrogen) atoms. The molecule has 0 unspecified atom stereocenters. The maximum atomic E-state index is 12.2. The summed E-state index contributed by atoms with van der Waals surface area (Å²) >= 11 is 0. The summed E-state index contributed by atoms with van der Waals surface area (Å²) in [6, 6.07) is -1.07. The lowest BCUT2D eigenvalue weighted by Crippen LogP contribution is -2.41. The second-order valence-corrected chi connectivity index (χ2v) is 10.6. The van der Waals surface area contributed by atoms with E-state index in [1.807, 2.05) is 6.92 Å². The third kappa shape index (κ3) is 27.8. The monoisotopic (exact) mass is 600 g/mol. The number of aliphatic carboxylic acids is 1. The van der Waals surface area contributed by atoms with Crippen molar-refractivity contribution in [2.45, 2.75) is 123 Å². The summed E-state index contributed by atoms with van der Waals surface area (Å²) in [5.41, 5.74) is 0. The molecule has 0 aliphatic carbocycles. The van der Waals surface area contributed by atoms with Crippen molar-refractivity contribution < 1.29 is 43.3 Å². The van der Waals surface area contributed by atoms with E-state index in [-0.39, 0.29) is 62.3 Å². The Balaban J connectivity index is 3.73. The van der Waals surface area contributed by atoms with E-state index in [9.17, 15) is 29.1 Å². The number of hydrogen-bond acceptors (Lipinski definition) is 8. The second-order valence-electron chi connectivity index (χ2n) is 10.6. The molecule has 11 nitrogen and oxygen atoms in total. The Hall–Kier alpha value is -2.37. The number of Topliss-reactive ketones (excluding diaryl/α,β-unsaturated/α-hetero) is 2. The minimum atomic E-state index is -1.14. The molecule has 11 heteroatoms. The summed E-state index contributed by atoms with van der Waals surface area (Å²) < 4.78 is 15.8. The van der Waals surface area contributed by atoms with Crippen LogP contribution in [-0.2, 0) is 38.2 Å². The minimum Gasteiger partial charge on any atom is -0.480 e. The van der Waals surface area contributed by atoms with Crippen LogP contribution in [0.4, 0.5) is 0 Å². The van der Waals surface area contributed by atoms with Gasteiger partial charge in [0.05, 0.1) is 19.8 Å². The Morgan fingerprint density at radius 3 is 1.83 bits per heavy atom. The Morgan fingerprint density at radius 1 is 0.643 bits per heavy atom. The number of hydrogen-bond donors (Lipinski definition) is 3. The molecule has 0 rings (SSSR count). The molecule has 0 fully saturated rings. The third-order valence-corrected chi connectivity index (χ3v) is 6.65. The van der Waals surface area contributed by atoms with Crippen LogP contribution in [0.3, 0.4) is 0 Å². The van der Waals surface area contributed by atoms with Gasteiger partial charge in [-0.2, -0.15) is 0 Å². The van der Waals surface area contributed by atoms with Crippen LogP contribution >= 0.6 is 0 Å². The molecule has 0 aromatic rings. The number of rotatable bonds is 31. The number of carboxylic acids is 1. The molecular formula is C31H56N2O9. The Bertz CT molecular complexity index is 746.